The molecule has 10 heterocycles. The molecule has 0 amide bonds. The molecule has 0 aliphatic heterocycles. The normalized spacial score (nSPS) is 12.8. The third-order valence-electron chi connectivity index (χ3n) is 13.1. The fourth-order valence-electron chi connectivity index (χ4n) is 10.6. The lowest BCUT2D eigenvalue weighted by atomic mass is 9.98. The van der Waals surface area contributed by atoms with Gasteiger partial charge in [-0.3, -0.25) is 18.8 Å². The van der Waals surface area contributed by atoms with Gasteiger partial charge in [-0.15, -0.1) is 45.3 Å². The molecule has 0 atom stereocenters. The fourth-order valence-corrected chi connectivity index (χ4v) is 15.8. The summed E-state index contributed by atoms with van der Waals surface area (Å²) in [5.74, 6) is 0. The van der Waals surface area contributed by atoms with E-state index >= 15 is 0 Å². The van der Waals surface area contributed by atoms with Crippen LogP contribution in [0.5, 0.6) is 0 Å². The molecule has 0 saturated carbocycles. The number of fused-ring (bicyclic) bond motifs is 30. The minimum atomic E-state index is 0.941. The summed E-state index contributed by atoms with van der Waals surface area (Å²) in [5, 5.41) is 17.2. The Morgan fingerprint density at radius 3 is 1.71 bits per heavy atom. The van der Waals surface area contributed by atoms with Gasteiger partial charge in [0.15, 0.2) is 0 Å². The molecule has 0 saturated heterocycles. The molecule has 0 unspecified atom stereocenters. The molecule has 286 valence electrons. The molecule has 16 rings (SSSR count). The zero-order chi connectivity index (χ0) is 39.9. The van der Waals surface area contributed by atoms with Crippen LogP contribution in [0, 0.1) is 0 Å². The van der Waals surface area contributed by atoms with Crippen molar-refractivity contribution >= 4 is 181 Å². The van der Waals surface area contributed by atoms with Crippen molar-refractivity contribution in [1.82, 2.24) is 28.7 Å². The van der Waals surface area contributed by atoms with E-state index in [2.05, 4.69) is 136 Å². The highest BCUT2D eigenvalue weighted by atomic mass is 32.1. The number of rotatable bonds is 1. The van der Waals surface area contributed by atoms with E-state index in [4.69, 9.17) is 15.0 Å². The van der Waals surface area contributed by atoms with E-state index in [1.54, 1.807) is 0 Å². The zero-order valence-electron chi connectivity index (χ0n) is 32.2. The Morgan fingerprint density at radius 1 is 0.403 bits per heavy atom. The number of hydrogen-bond donors (Lipinski definition) is 0. The van der Waals surface area contributed by atoms with Crippen LogP contribution in [-0.2, 0) is 0 Å². The molecule has 0 spiro atoms. The summed E-state index contributed by atoms with van der Waals surface area (Å²) >= 11 is 7.56. The molecule has 10 heteroatoms. The summed E-state index contributed by atoms with van der Waals surface area (Å²) in [6.07, 6.45) is 14.2. The molecule has 0 aliphatic rings. The maximum absolute atomic E-state index is 5.58. The van der Waals surface area contributed by atoms with Crippen molar-refractivity contribution in [2.45, 2.75) is 0 Å². The van der Waals surface area contributed by atoms with Gasteiger partial charge in [-0.05, 0) is 42.5 Å². The van der Waals surface area contributed by atoms with Gasteiger partial charge >= 0.3 is 0 Å². The van der Waals surface area contributed by atoms with Crippen molar-refractivity contribution in [1.29, 1.82) is 0 Å². The van der Waals surface area contributed by atoms with Crippen molar-refractivity contribution in [3.05, 3.63) is 147 Å². The fraction of sp³-hybridized carbons (Fsp3) is 0. The summed E-state index contributed by atoms with van der Waals surface area (Å²) in [6.45, 7) is 0. The summed E-state index contributed by atoms with van der Waals surface area (Å²) in [4.78, 5) is 19.9. The largest absolute Gasteiger partial charge is 0.298 e. The molecule has 0 fully saturated rings. The van der Waals surface area contributed by atoms with Crippen LogP contribution in [0.3, 0.4) is 0 Å². The Kier molecular flexibility index (Phi) is 6.02. The van der Waals surface area contributed by atoms with Gasteiger partial charge in [0.05, 0.1) is 30.8 Å². The van der Waals surface area contributed by atoms with Crippen LogP contribution in [0.4, 0.5) is 0 Å². The SMILES string of the molecule is c1ccc2c(c1)sc1c3c4cc(-c5cn6c(n5)c5ccncc5c5c7c8ccccc8sc7c7sc8ccccc8c7c56)ccc4sc3c3c(c4cnccc4c4nccn43)c21. The Labute approximate surface area is 364 Å². The number of imidazole rings is 2. The van der Waals surface area contributed by atoms with Crippen molar-refractivity contribution in [3.8, 4) is 11.3 Å². The van der Waals surface area contributed by atoms with Crippen LogP contribution in [0.1, 0.15) is 0 Å². The molecule has 0 N–H and O–H groups in total. The van der Waals surface area contributed by atoms with E-state index in [0.29, 0.717) is 0 Å². The van der Waals surface area contributed by atoms with E-state index in [1.807, 2.05) is 70.1 Å². The Morgan fingerprint density at radius 2 is 0.984 bits per heavy atom. The van der Waals surface area contributed by atoms with Gasteiger partial charge in [-0.1, -0.05) is 60.7 Å². The molecule has 62 heavy (non-hydrogen) atoms. The summed E-state index contributed by atoms with van der Waals surface area (Å²) < 4.78 is 15.1. The maximum Gasteiger partial charge on any atom is 0.146 e. The topological polar surface area (TPSA) is 60.4 Å². The van der Waals surface area contributed by atoms with E-state index in [1.165, 1.54) is 102 Å². The molecule has 10 aromatic heterocycles. The van der Waals surface area contributed by atoms with Gasteiger partial charge < -0.3 is 0 Å². The van der Waals surface area contributed by atoms with Crippen molar-refractivity contribution < 1.29 is 0 Å². The first-order valence-corrected chi connectivity index (χ1v) is 23.7. The van der Waals surface area contributed by atoms with E-state index in [0.717, 1.165) is 44.1 Å². The van der Waals surface area contributed by atoms with Gasteiger partial charge in [0.2, 0.25) is 0 Å². The molecular formula is C52H24N6S4. The van der Waals surface area contributed by atoms with Crippen LogP contribution in [0.15, 0.2) is 147 Å². The minimum Gasteiger partial charge on any atom is -0.298 e. The molecular weight excluding hydrogens is 837 g/mol. The third kappa shape index (κ3) is 3.91. The van der Waals surface area contributed by atoms with E-state index < -0.39 is 0 Å². The maximum atomic E-state index is 5.58. The van der Waals surface area contributed by atoms with Gasteiger partial charge in [-0.2, -0.15) is 0 Å². The second-order valence-corrected chi connectivity index (χ2v) is 20.4. The van der Waals surface area contributed by atoms with Crippen LogP contribution >= 0.6 is 45.3 Å². The number of nitrogens with zero attached hydrogens (tertiary/aromatic N) is 6. The van der Waals surface area contributed by atoms with Crippen LogP contribution in [0.25, 0.3) is 147 Å². The number of aromatic nitrogens is 6. The number of pyridine rings is 4. The number of benzene rings is 6. The lowest BCUT2D eigenvalue weighted by molar-refractivity contribution is 1.28. The monoisotopic (exact) mass is 860 g/mol. The minimum absolute atomic E-state index is 0.941. The lowest BCUT2D eigenvalue weighted by Crippen LogP contribution is -1.92. The van der Waals surface area contributed by atoms with Crippen LogP contribution < -0.4 is 0 Å². The number of thiophene rings is 4. The Hall–Kier alpha value is -7.08. The zero-order valence-corrected chi connectivity index (χ0v) is 35.4. The molecule has 6 aromatic carbocycles. The van der Waals surface area contributed by atoms with Gasteiger partial charge in [0.25, 0.3) is 0 Å². The summed E-state index contributed by atoms with van der Waals surface area (Å²) in [5.41, 5.74) is 6.31. The predicted octanol–water partition coefficient (Wildman–Crippen LogP) is 15.5. The number of hydrogen-bond acceptors (Lipinski definition) is 8. The highest BCUT2D eigenvalue weighted by Gasteiger charge is 2.26. The highest BCUT2D eigenvalue weighted by molar-refractivity contribution is 7.34. The molecule has 0 radical (unpaired) electrons. The van der Waals surface area contributed by atoms with Crippen LogP contribution in [-0.4, -0.2) is 28.7 Å². The molecule has 0 bridgehead atoms. The second kappa shape index (κ2) is 11.4. The first-order chi connectivity index (χ1) is 30.8. The quantitative estimate of drug-likeness (QED) is 0.154. The summed E-state index contributed by atoms with van der Waals surface area (Å²) in [7, 11) is 0. The lowest BCUT2D eigenvalue weighted by Gasteiger charge is -2.11. The van der Waals surface area contributed by atoms with Crippen molar-refractivity contribution in [3.63, 3.8) is 0 Å². The first-order valence-electron chi connectivity index (χ1n) is 20.4. The van der Waals surface area contributed by atoms with E-state index in [-0.39, 0.29) is 0 Å². The molecule has 0 aliphatic carbocycles. The van der Waals surface area contributed by atoms with Crippen molar-refractivity contribution in [2.24, 2.45) is 0 Å². The Balaban J connectivity index is 1.06. The van der Waals surface area contributed by atoms with Gasteiger partial charge in [0.1, 0.15) is 11.3 Å². The average Bonchev–Trinajstić information content (AvgIpc) is 4.18. The highest BCUT2D eigenvalue weighted by Crippen LogP contribution is 2.53. The smallest absolute Gasteiger partial charge is 0.146 e. The standard InChI is InChI=1S/C52H24N6S4/c1-4-10-35-28(7-1)41-40-32-22-53-17-15-26(32)51-55-19-20-57(51)46(40)48-44(47(41)59-35)31-21-25(13-14-38(31)60-48)34-24-58-45-39(33-23-54-18-16-27(33)52(58)56-34)42-29-8-2-5-11-36(29)61-49(42)50-43(45)30-9-3-6-12-37(30)62-50/h1-24H. The predicted molar refractivity (Wildman–Crippen MR) is 267 cm³/mol. The second-order valence-electron chi connectivity index (χ2n) is 16.2. The average molecular weight is 861 g/mol. The van der Waals surface area contributed by atoms with Gasteiger partial charge in [-0.25, -0.2) is 9.97 Å². The van der Waals surface area contributed by atoms with Crippen molar-refractivity contribution in [2.75, 3.05) is 0 Å². The molecule has 16 aromatic rings. The van der Waals surface area contributed by atoms with Crippen LogP contribution in [0.2, 0.25) is 0 Å². The molecule has 6 nitrogen and oxygen atoms in total. The summed E-state index contributed by atoms with van der Waals surface area (Å²) in [6, 6.07) is 37.8. The Bertz CT molecular complexity index is 4710. The van der Waals surface area contributed by atoms with E-state index in [9.17, 15) is 0 Å². The third-order valence-corrected chi connectivity index (χ3v) is 18.0. The first kappa shape index (κ1) is 32.7. The van der Waals surface area contributed by atoms with Gasteiger partial charge in [0, 0.05) is 148 Å².